The van der Waals surface area contributed by atoms with Crippen LogP contribution in [0.1, 0.15) is 26.7 Å². The summed E-state index contributed by atoms with van der Waals surface area (Å²) in [6, 6.07) is 0. The Morgan fingerprint density at radius 2 is 2.27 bits per heavy atom. The van der Waals surface area contributed by atoms with Crippen molar-refractivity contribution in [3.05, 3.63) is 0 Å². The topological polar surface area (TPSA) is 37.3 Å². The van der Waals surface area contributed by atoms with Crippen LogP contribution in [-0.2, 0) is 4.79 Å². The Kier molecular flexibility index (Phi) is 2.47. The number of carbonyl (C=O) groups is 1. The summed E-state index contributed by atoms with van der Waals surface area (Å²) >= 11 is 1.88. The van der Waals surface area contributed by atoms with Gasteiger partial charge in [0.05, 0.1) is 5.92 Å². The maximum absolute atomic E-state index is 10.6. The molecule has 0 aromatic heterocycles. The molecule has 1 saturated heterocycles. The predicted molar refractivity (Wildman–Crippen MR) is 46.9 cm³/mol. The fraction of sp³-hybridized carbons (Fsp3) is 0.875. The normalized spacial score (nSPS) is 29.8. The molecule has 1 heterocycles. The minimum Gasteiger partial charge on any atom is -0.481 e. The molecule has 11 heavy (non-hydrogen) atoms. The molecule has 0 bridgehead atoms. The molecule has 3 heteroatoms. The first-order valence-electron chi connectivity index (χ1n) is 3.88. The van der Waals surface area contributed by atoms with Gasteiger partial charge in [0.25, 0.3) is 0 Å². The lowest BCUT2D eigenvalue weighted by Crippen LogP contribution is -2.30. The van der Waals surface area contributed by atoms with Crippen LogP contribution in [0.4, 0.5) is 0 Å². The molecule has 0 aliphatic carbocycles. The van der Waals surface area contributed by atoms with Crippen LogP contribution in [0.15, 0.2) is 0 Å². The van der Waals surface area contributed by atoms with Gasteiger partial charge in [-0.15, -0.1) is 0 Å². The van der Waals surface area contributed by atoms with E-state index < -0.39 is 5.97 Å². The molecule has 0 radical (unpaired) electrons. The van der Waals surface area contributed by atoms with E-state index in [0.717, 1.165) is 18.6 Å². The molecule has 1 rings (SSSR count). The first kappa shape index (κ1) is 8.91. The fourth-order valence-corrected chi connectivity index (χ4v) is 2.72. The summed E-state index contributed by atoms with van der Waals surface area (Å²) < 4.78 is 0.168. The molecular weight excluding hydrogens is 160 g/mol. The van der Waals surface area contributed by atoms with E-state index in [1.807, 2.05) is 11.8 Å². The van der Waals surface area contributed by atoms with E-state index in [1.54, 1.807) is 0 Å². The third-order valence-electron chi connectivity index (χ3n) is 2.05. The second-order valence-electron chi connectivity index (χ2n) is 3.64. The number of rotatable bonds is 1. The molecule has 0 spiro atoms. The zero-order valence-electron chi connectivity index (χ0n) is 6.96. The first-order chi connectivity index (χ1) is 5.01. The molecule has 0 saturated carbocycles. The van der Waals surface area contributed by atoms with Crippen molar-refractivity contribution in [2.75, 3.05) is 5.75 Å². The second-order valence-corrected chi connectivity index (χ2v) is 5.44. The lowest BCUT2D eigenvalue weighted by molar-refractivity contribution is -0.142. The lowest BCUT2D eigenvalue weighted by Gasteiger charge is -2.32. The minimum atomic E-state index is -0.627. The zero-order chi connectivity index (χ0) is 8.48. The van der Waals surface area contributed by atoms with Crippen molar-refractivity contribution in [3.8, 4) is 0 Å². The number of carboxylic acids is 1. The molecule has 1 N–H and O–H groups in total. The summed E-state index contributed by atoms with van der Waals surface area (Å²) in [6.45, 7) is 4.24. The maximum Gasteiger partial charge on any atom is 0.306 e. The molecule has 0 amide bonds. The first-order valence-corrected chi connectivity index (χ1v) is 4.86. The summed E-state index contributed by atoms with van der Waals surface area (Å²) in [5.41, 5.74) is 0. The minimum absolute atomic E-state index is 0.105. The van der Waals surface area contributed by atoms with Gasteiger partial charge in [-0.1, -0.05) is 13.8 Å². The highest BCUT2D eigenvalue weighted by atomic mass is 32.2. The molecule has 1 aliphatic heterocycles. The maximum atomic E-state index is 10.6. The molecule has 1 unspecified atom stereocenters. The highest BCUT2D eigenvalue weighted by Crippen LogP contribution is 2.38. The van der Waals surface area contributed by atoms with Gasteiger partial charge in [0.2, 0.25) is 0 Å². The average Bonchev–Trinajstić information content (AvgIpc) is 1.85. The van der Waals surface area contributed by atoms with Crippen molar-refractivity contribution < 1.29 is 9.90 Å². The molecule has 1 fully saturated rings. The van der Waals surface area contributed by atoms with Crippen molar-refractivity contribution in [1.82, 2.24) is 0 Å². The molecule has 1 aliphatic rings. The fourth-order valence-electron chi connectivity index (χ4n) is 1.44. The van der Waals surface area contributed by atoms with Gasteiger partial charge in [0, 0.05) is 4.75 Å². The molecule has 0 aromatic carbocycles. The van der Waals surface area contributed by atoms with E-state index in [-0.39, 0.29) is 10.7 Å². The summed E-state index contributed by atoms with van der Waals surface area (Å²) in [5.74, 6) is 0.258. The van der Waals surface area contributed by atoms with Gasteiger partial charge in [-0.2, -0.15) is 11.8 Å². The Hall–Kier alpha value is -0.180. The van der Waals surface area contributed by atoms with E-state index in [9.17, 15) is 4.79 Å². The van der Waals surface area contributed by atoms with Gasteiger partial charge in [-0.3, -0.25) is 4.79 Å². The van der Waals surface area contributed by atoms with Crippen LogP contribution in [0.25, 0.3) is 0 Å². The summed E-state index contributed by atoms with van der Waals surface area (Å²) in [4.78, 5) is 10.6. The van der Waals surface area contributed by atoms with Crippen LogP contribution in [0.5, 0.6) is 0 Å². The van der Waals surface area contributed by atoms with E-state index in [4.69, 9.17) is 5.11 Å². The van der Waals surface area contributed by atoms with Crippen LogP contribution < -0.4 is 0 Å². The Morgan fingerprint density at radius 3 is 2.64 bits per heavy atom. The van der Waals surface area contributed by atoms with Gasteiger partial charge in [-0.25, -0.2) is 0 Å². The Balaban J connectivity index is 2.53. The van der Waals surface area contributed by atoms with Gasteiger partial charge >= 0.3 is 5.97 Å². The number of hydrogen-bond donors (Lipinski definition) is 1. The third-order valence-corrected chi connectivity index (χ3v) is 3.43. The van der Waals surface area contributed by atoms with Crippen molar-refractivity contribution in [3.63, 3.8) is 0 Å². The summed E-state index contributed by atoms with van der Waals surface area (Å²) in [7, 11) is 0. The van der Waals surface area contributed by atoms with Gasteiger partial charge < -0.3 is 5.11 Å². The molecule has 64 valence electrons. The Labute approximate surface area is 71.4 Å². The van der Waals surface area contributed by atoms with Crippen LogP contribution in [-0.4, -0.2) is 21.6 Å². The van der Waals surface area contributed by atoms with Crippen molar-refractivity contribution >= 4 is 17.7 Å². The number of hydrogen-bond acceptors (Lipinski definition) is 2. The SMILES string of the molecule is CC1(C)CC(C(=O)O)CCS1. The van der Waals surface area contributed by atoms with E-state index in [1.165, 1.54) is 0 Å². The Bertz CT molecular complexity index is 165. The van der Waals surface area contributed by atoms with Gasteiger partial charge in [0.1, 0.15) is 0 Å². The van der Waals surface area contributed by atoms with Crippen molar-refractivity contribution in [1.29, 1.82) is 0 Å². The average molecular weight is 174 g/mol. The standard InChI is InChI=1S/C8H14O2S/c1-8(2)5-6(7(9)10)3-4-11-8/h6H,3-5H2,1-2H3,(H,9,10). The Morgan fingerprint density at radius 1 is 1.64 bits per heavy atom. The summed E-state index contributed by atoms with van der Waals surface area (Å²) in [6.07, 6.45) is 1.65. The largest absolute Gasteiger partial charge is 0.481 e. The van der Waals surface area contributed by atoms with E-state index in [2.05, 4.69) is 13.8 Å². The molecule has 1 atom stereocenters. The van der Waals surface area contributed by atoms with Crippen LogP contribution in [0.3, 0.4) is 0 Å². The van der Waals surface area contributed by atoms with Gasteiger partial charge in [-0.05, 0) is 18.6 Å². The quantitative estimate of drug-likeness (QED) is 0.660. The van der Waals surface area contributed by atoms with Crippen LogP contribution >= 0.6 is 11.8 Å². The van der Waals surface area contributed by atoms with E-state index in [0.29, 0.717) is 0 Å². The number of thioether (sulfide) groups is 1. The molecule has 2 nitrogen and oxygen atoms in total. The van der Waals surface area contributed by atoms with Crippen LogP contribution in [0, 0.1) is 5.92 Å². The number of carboxylic acid groups (broad SMARTS) is 1. The smallest absolute Gasteiger partial charge is 0.306 e. The van der Waals surface area contributed by atoms with Crippen molar-refractivity contribution in [2.45, 2.75) is 31.4 Å². The van der Waals surface area contributed by atoms with Crippen molar-refractivity contribution in [2.24, 2.45) is 5.92 Å². The lowest BCUT2D eigenvalue weighted by atomic mass is 9.93. The highest BCUT2D eigenvalue weighted by molar-refractivity contribution is 8.00. The molecular formula is C8H14O2S. The predicted octanol–water partition coefficient (Wildman–Crippen LogP) is 1.99. The monoisotopic (exact) mass is 174 g/mol. The van der Waals surface area contributed by atoms with E-state index >= 15 is 0 Å². The molecule has 0 aromatic rings. The highest BCUT2D eigenvalue weighted by Gasteiger charge is 2.32. The zero-order valence-corrected chi connectivity index (χ0v) is 7.78. The van der Waals surface area contributed by atoms with Gasteiger partial charge in [0.15, 0.2) is 0 Å². The third kappa shape index (κ3) is 2.40. The second kappa shape index (κ2) is 3.05. The number of aliphatic carboxylic acids is 1. The summed E-state index contributed by atoms with van der Waals surface area (Å²) in [5, 5.41) is 8.76. The van der Waals surface area contributed by atoms with Crippen LogP contribution in [0.2, 0.25) is 0 Å².